The number of rotatable bonds is 4. The van der Waals surface area contributed by atoms with Gasteiger partial charge in [0.05, 0.1) is 13.2 Å². The highest BCUT2D eigenvalue weighted by Crippen LogP contribution is 2.35. The van der Waals surface area contributed by atoms with Gasteiger partial charge in [-0.3, -0.25) is 0 Å². The van der Waals surface area contributed by atoms with Crippen LogP contribution in [0.15, 0.2) is 0 Å². The molecule has 1 rings (SSSR count). The molecule has 7 heteroatoms. The van der Waals surface area contributed by atoms with Gasteiger partial charge in [0.25, 0.3) is 0 Å². The monoisotopic (exact) mass is 210 g/mol. The second kappa shape index (κ2) is 4.07. The van der Waals surface area contributed by atoms with Crippen molar-refractivity contribution in [2.24, 2.45) is 0 Å². The fourth-order valence-electron chi connectivity index (χ4n) is 1.31. The van der Waals surface area contributed by atoms with Crippen molar-refractivity contribution in [2.75, 3.05) is 13.2 Å². The van der Waals surface area contributed by atoms with Gasteiger partial charge in [-0.2, -0.15) is 0 Å². The summed E-state index contributed by atoms with van der Waals surface area (Å²) in [6.07, 6.45) is -5.70. The highest BCUT2D eigenvalue weighted by molar-refractivity contribution is 5.01. The quantitative estimate of drug-likeness (QED) is 0.280. The van der Waals surface area contributed by atoms with Crippen LogP contribution in [0.1, 0.15) is 0 Å². The van der Waals surface area contributed by atoms with E-state index in [2.05, 4.69) is 4.74 Å². The molecule has 0 spiro atoms. The second-order valence-corrected chi connectivity index (χ2v) is 3.23. The highest BCUT2D eigenvalue weighted by Gasteiger charge is 2.60. The molecule has 0 radical (unpaired) electrons. The molecule has 0 aromatic heterocycles. The van der Waals surface area contributed by atoms with Crippen molar-refractivity contribution < 1.29 is 35.4 Å². The Hall–Kier alpha value is -0.280. The SMILES string of the molecule is OC[C@@H](O)[C@H]1O[C@](O)([C@H](O)CO)[C@@H]1O. The van der Waals surface area contributed by atoms with Gasteiger partial charge in [0, 0.05) is 0 Å². The third-order valence-corrected chi connectivity index (χ3v) is 2.28. The Kier molecular flexibility index (Phi) is 3.43. The molecule has 0 aromatic rings. The van der Waals surface area contributed by atoms with E-state index in [4.69, 9.17) is 20.4 Å². The van der Waals surface area contributed by atoms with Crippen LogP contribution in [0.5, 0.6) is 0 Å². The van der Waals surface area contributed by atoms with E-state index in [0.29, 0.717) is 0 Å². The first kappa shape index (κ1) is 11.8. The van der Waals surface area contributed by atoms with Crippen LogP contribution in [0.25, 0.3) is 0 Å². The third-order valence-electron chi connectivity index (χ3n) is 2.28. The fourth-order valence-corrected chi connectivity index (χ4v) is 1.31. The molecule has 0 saturated carbocycles. The van der Waals surface area contributed by atoms with Crippen LogP contribution >= 0.6 is 0 Å². The minimum atomic E-state index is -2.27. The molecule has 1 heterocycles. The van der Waals surface area contributed by atoms with Crippen LogP contribution in [0.3, 0.4) is 0 Å². The summed E-state index contributed by atoms with van der Waals surface area (Å²) in [6, 6.07) is 0. The summed E-state index contributed by atoms with van der Waals surface area (Å²) in [5, 5.41) is 53.8. The Balaban J connectivity index is 2.57. The van der Waals surface area contributed by atoms with E-state index in [1.165, 1.54) is 0 Å². The molecule has 1 aliphatic heterocycles. The van der Waals surface area contributed by atoms with Gasteiger partial charge in [0.1, 0.15) is 24.4 Å². The summed E-state index contributed by atoms with van der Waals surface area (Å²) in [4.78, 5) is 0. The number of aliphatic hydroxyl groups is 6. The smallest absolute Gasteiger partial charge is 0.224 e. The normalized spacial score (nSPS) is 41.6. The van der Waals surface area contributed by atoms with E-state index in [1.807, 2.05) is 0 Å². The summed E-state index contributed by atoms with van der Waals surface area (Å²) >= 11 is 0. The number of hydrogen-bond acceptors (Lipinski definition) is 7. The van der Waals surface area contributed by atoms with E-state index >= 15 is 0 Å². The van der Waals surface area contributed by atoms with E-state index in [-0.39, 0.29) is 0 Å². The molecule has 1 aliphatic rings. The van der Waals surface area contributed by atoms with Gasteiger partial charge in [-0.25, -0.2) is 0 Å². The minimum absolute atomic E-state index is 0.632. The van der Waals surface area contributed by atoms with Crippen LogP contribution in [0.4, 0.5) is 0 Å². The molecule has 84 valence electrons. The first-order chi connectivity index (χ1) is 6.47. The standard InChI is InChI=1S/C7H14O7/c8-1-3(10)5-6(12)7(13,14-5)4(11)2-9/h3-6,8-13H,1-2H2/t3-,4-,5-,6-,7-/m1/s1. The first-order valence-corrected chi connectivity index (χ1v) is 4.13. The summed E-state index contributed by atoms with van der Waals surface area (Å²) in [7, 11) is 0. The molecule has 0 aromatic carbocycles. The van der Waals surface area contributed by atoms with Crippen molar-refractivity contribution in [1.29, 1.82) is 0 Å². The lowest BCUT2D eigenvalue weighted by molar-refractivity contribution is -0.426. The molecular formula is C7H14O7. The largest absolute Gasteiger partial charge is 0.394 e. The Morgan fingerprint density at radius 2 is 1.79 bits per heavy atom. The molecule has 1 fully saturated rings. The number of hydrogen-bond donors (Lipinski definition) is 6. The Morgan fingerprint density at radius 3 is 2.14 bits per heavy atom. The van der Waals surface area contributed by atoms with Crippen LogP contribution < -0.4 is 0 Å². The van der Waals surface area contributed by atoms with Gasteiger partial charge >= 0.3 is 0 Å². The van der Waals surface area contributed by atoms with Gasteiger partial charge in [0.15, 0.2) is 0 Å². The maximum atomic E-state index is 9.39. The van der Waals surface area contributed by atoms with Gasteiger partial charge in [0.2, 0.25) is 5.79 Å². The predicted octanol–water partition coefficient (Wildman–Crippen LogP) is -3.86. The highest BCUT2D eigenvalue weighted by atomic mass is 16.7. The summed E-state index contributed by atoms with van der Waals surface area (Å²) in [5.41, 5.74) is 0. The van der Waals surface area contributed by atoms with Gasteiger partial charge < -0.3 is 35.4 Å². The lowest BCUT2D eigenvalue weighted by Crippen LogP contribution is -2.73. The van der Waals surface area contributed by atoms with Crippen molar-refractivity contribution in [2.45, 2.75) is 30.2 Å². The second-order valence-electron chi connectivity index (χ2n) is 3.23. The lowest BCUT2D eigenvalue weighted by Gasteiger charge is -2.51. The minimum Gasteiger partial charge on any atom is -0.394 e. The lowest BCUT2D eigenvalue weighted by atomic mass is 9.89. The van der Waals surface area contributed by atoms with Crippen molar-refractivity contribution in [1.82, 2.24) is 0 Å². The summed E-state index contributed by atoms with van der Waals surface area (Å²) in [5.74, 6) is -2.27. The zero-order valence-electron chi connectivity index (χ0n) is 7.32. The van der Waals surface area contributed by atoms with E-state index < -0.39 is 43.4 Å². The molecular weight excluding hydrogens is 196 g/mol. The molecule has 0 amide bonds. The number of aliphatic hydroxyl groups excluding tert-OH is 5. The zero-order chi connectivity index (χ0) is 10.9. The molecule has 6 N–H and O–H groups in total. The van der Waals surface area contributed by atoms with Gasteiger partial charge in [-0.05, 0) is 0 Å². The van der Waals surface area contributed by atoms with Crippen molar-refractivity contribution >= 4 is 0 Å². The molecule has 5 atom stereocenters. The maximum absolute atomic E-state index is 9.39. The van der Waals surface area contributed by atoms with E-state index in [9.17, 15) is 10.2 Å². The molecule has 14 heavy (non-hydrogen) atoms. The maximum Gasteiger partial charge on any atom is 0.224 e. The molecule has 0 bridgehead atoms. The van der Waals surface area contributed by atoms with Crippen LogP contribution in [-0.2, 0) is 4.74 Å². The summed E-state index contributed by atoms with van der Waals surface area (Å²) < 4.78 is 4.63. The Bertz CT molecular complexity index is 198. The van der Waals surface area contributed by atoms with E-state index in [0.717, 1.165) is 0 Å². The Labute approximate surface area is 79.8 Å². The van der Waals surface area contributed by atoms with E-state index in [1.54, 1.807) is 0 Å². The average Bonchev–Trinajstić information content (AvgIpc) is 2.22. The predicted molar refractivity (Wildman–Crippen MR) is 42.0 cm³/mol. The molecule has 1 saturated heterocycles. The van der Waals surface area contributed by atoms with Gasteiger partial charge in [-0.15, -0.1) is 0 Å². The van der Waals surface area contributed by atoms with Crippen molar-refractivity contribution in [3.8, 4) is 0 Å². The van der Waals surface area contributed by atoms with Crippen LogP contribution in [0, 0.1) is 0 Å². The third kappa shape index (κ3) is 1.63. The van der Waals surface area contributed by atoms with Crippen LogP contribution in [-0.4, -0.2) is 74.1 Å². The molecule has 0 aliphatic carbocycles. The van der Waals surface area contributed by atoms with Crippen molar-refractivity contribution in [3.05, 3.63) is 0 Å². The topological polar surface area (TPSA) is 131 Å². The van der Waals surface area contributed by atoms with Crippen molar-refractivity contribution in [3.63, 3.8) is 0 Å². The fraction of sp³-hybridized carbons (Fsp3) is 1.00. The van der Waals surface area contributed by atoms with Gasteiger partial charge in [-0.1, -0.05) is 0 Å². The molecule has 7 nitrogen and oxygen atoms in total. The zero-order valence-corrected chi connectivity index (χ0v) is 7.32. The number of ether oxygens (including phenoxy) is 1. The summed E-state index contributed by atoms with van der Waals surface area (Å²) in [6.45, 7) is -1.41. The Morgan fingerprint density at radius 1 is 1.21 bits per heavy atom. The molecule has 0 unspecified atom stereocenters. The first-order valence-electron chi connectivity index (χ1n) is 4.13. The average molecular weight is 210 g/mol. The van der Waals surface area contributed by atoms with Crippen LogP contribution in [0.2, 0.25) is 0 Å².